The molecule has 0 aromatic heterocycles. The second-order valence-electron chi connectivity index (χ2n) is 5.26. The van der Waals surface area contributed by atoms with Gasteiger partial charge in [0.2, 0.25) is 0 Å². The van der Waals surface area contributed by atoms with Gasteiger partial charge in [0.1, 0.15) is 11.6 Å². The summed E-state index contributed by atoms with van der Waals surface area (Å²) in [6.07, 6.45) is 0. The summed E-state index contributed by atoms with van der Waals surface area (Å²) in [6.45, 7) is 4.09. The van der Waals surface area contributed by atoms with Crippen LogP contribution in [0.25, 0.3) is 16.0 Å². The van der Waals surface area contributed by atoms with E-state index in [1.807, 2.05) is 17.2 Å². The Kier molecular flexibility index (Phi) is 4.11. The topological polar surface area (TPSA) is 64.4 Å². The molecule has 5 nitrogen and oxygen atoms in total. The summed E-state index contributed by atoms with van der Waals surface area (Å²) in [5.74, 6) is -1.30. The fraction of sp³-hybridized carbons (Fsp3) is 0.267. The molecule has 3 rings (SSSR count). The zero-order valence-corrected chi connectivity index (χ0v) is 13.3. The third-order valence-electron chi connectivity index (χ3n) is 3.66. The van der Waals surface area contributed by atoms with Crippen LogP contribution in [0.1, 0.15) is 19.4 Å². The molecule has 0 spiro atoms. The molecule has 0 bridgehead atoms. The fourth-order valence-electron chi connectivity index (χ4n) is 2.55. The number of nitrogens with zero attached hydrogens (tertiary/aromatic N) is 5. The van der Waals surface area contributed by atoms with E-state index in [1.54, 1.807) is 6.92 Å². The number of allylic oxidation sites excluding steroid dienone is 1. The molecule has 1 aromatic rings. The maximum Gasteiger partial charge on any atom is 0.173 e. The summed E-state index contributed by atoms with van der Waals surface area (Å²) in [6, 6.07) is 2.83. The van der Waals surface area contributed by atoms with Gasteiger partial charge >= 0.3 is 0 Å². The van der Waals surface area contributed by atoms with E-state index in [-0.39, 0.29) is 0 Å². The van der Waals surface area contributed by atoms with Crippen LogP contribution >= 0.6 is 11.8 Å². The Morgan fingerprint density at radius 2 is 2.04 bits per heavy atom. The molecule has 0 saturated carbocycles. The molecule has 2 aliphatic heterocycles. The lowest BCUT2D eigenvalue weighted by atomic mass is 9.99. The lowest BCUT2D eigenvalue weighted by molar-refractivity contribution is 0.572. The Balaban J connectivity index is 2.15. The van der Waals surface area contributed by atoms with E-state index in [9.17, 15) is 8.78 Å². The number of azide groups is 1. The van der Waals surface area contributed by atoms with E-state index in [4.69, 9.17) is 5.53 Å². The van der Waals surface area contributed by atoms with Gasteiger partial charge in [-0.25, -0.2) is 13.8 Å². The molecular formula is C15H13F2N5S. The van der Waals surface area contributed by atoms with E-state index in [0.717, 1.165) is 16.9 Å². The minimum absolute atomic E-state index is 0.407. The van der Waals surface area contributed by atoms with Gasteiger partial charge in [-0.3, -0.25) is 0 Å². The maximum atomic E-state index is 13.6. The minimum atomic E-state index is -0.652. The molecule has 0 amide bonds. The van der Waals surface area contributed by atoms with Crippen molar-refractivity contribution < 1.29 is 8.78 Å². The Bertz CT molecular complexity index is 788. The highest BCUT2D eigenvalue weighted by Gasteiger charge is 2.29. The number of hydrogen-bond donors (Lipinski definition) is 0. The maximum absolute atomic E-state index is 13.6. The number of benzene rings is 1. The summed E-state index contributed by atoms with van der Waals surface area (Å²) in [5, 5.41) is 6.42. The molecule has 1 unspecified atom stereocenters. The summed E-state index contributed by atoms with van der Waals surface area (Å²) in [4.78, 5) is 9.34. The molecule has 0 aliphatic carbocycles. The lowest BCUT2D eigenvalue weighted by Gasteiger charge is -2.29. The molecule has 0 saturated heterocycles. The van der Waals surface area contributed by atoms with Crippen LogP contribution in [0, 0.1) is 11.6 Å². The standard InChI is InChI=1S/C15H13F2N5S/c1-8-7-23-15-19-14(9(2)20-21-18)13(6-22(8)15)10-3-11(16)5-12(17)4-10/h3-5,7,9H,6H2,1-2H3. The average molecular weight is 333 g/mol. The molecule has 1 atom stereocenters. The van der Waals surface area contributed by atoms with Crippen LogP contribution in [0.15, 0.2) is 45.1 Å². The van der Waals surface area contributed by atoms with Crippen LogP contribution in [-0.4, -0.2) is 22.7 Å². The normalized spacial score (nSPS) is 18.2. The van der Waals surface area contributed by atoms with Crippen LogP contribution in [0.5, 0.6) is 0 Å². The molecule has 23 heavy (non-hydrogen) atoms. The Labute approximate surface area is 136 Å². The summed E-state index contributed by atoms with van der Waals surface area (Å²) in [7, 11) is 0. The van der Waals surface area contributed by atoms with Crippen molar-refractivity contribution in [3.8, 4) is 0 Å². The first kappa shape index (κ1) is 15.6. The average Bonchev–Trinajstić information content (AvgIpc) is 2.86. The zero-order valence-electron chi connectivity index (χ0n) is 12.5. The van der Waals surface area contributed by atoms with Crippen LogP contribution in [-0.2, 0) is 0 Å². The second kappa shape index (κ2) is 6.06. The van der Waals surface area contributed by atoms with Gasteiger partial charge in [-0.15, -0.1) is 0 Å². The first-order chi connectivity index (χ1) is 11.0. The van der Waals surface area contributed by atoms with E-state index >= 15 is 0 Å². The minimum Gasteiger partial charge on any atom is -0.320 e. The van der Waals surface area contributed by atoms with Crippen molar-refractivity contribution in [3.05, 3.63) is 62.6 Å². The summed E-state index contributed by atoms with van der Waals surface area (Å²) in [5.41, 5.74) is 11.3. The highest BCUT2D eigenvalue weighted by atomic mass is 32.2. The molecule has 1 aromatic carbocycles. The Morgan fingerprint density at radius 1 is 1.35 bits per heavy atom. The van der Waals surface area contributed by atoms with Crippen LogP contribution in [0.4, 0.5) is 8.78 Å². The smallest absolute Gasteiger partial charge is 0.173 e. The first-order valence-corrected chi connectivity index (χ1v) is 7.81. The van der Waals surface area contributed by atoms with Gasteiger partial charge in [0.15, 0.2) is 5.17 Å². The van der Waals surface area contributed by atoms with Crippen LogP contribution in [0.3, 0.4) is 0 Å². The van der Waals surface area contributed by atoms with Gasteiger partial charge in [0.25, 0.3) is 0 Å². The quantitative estimate of drug-likeness (QED) is 0.459. The fourth-order valence-corrected chi connectivity index (χ4v) is 3.44. The van der Waals surface area contributed by atoms with E-state index in [0.29, 0.717) is 23.4 Å². The summed E-state index contributed by atoms with van der Waals surface area (Å²) < 4.78 is 27.2. The highest BCUT2D eigenvalue weighted by Crippen LogP contribution is 2.37. The van der Waals surface area contributed by atoms with Crippen LogP contribution in [0.2, 0.25) is 0 Å². The molecule has 0 N–H and O–H groups in total. The Morgan fingerprint density at radius 3 is 2.70 bits per heavy atom. The van der Waals surface area contributed by atoms with Crippen molar-refractivity contribution in [3.63, 3.8) is 0 Å². The first-order valence-electron chi connectivity index (χ1n) is 6.93. The number of thioether (sulfide) groups is 1. The number of hydrogen-bond acceptors (Lipinski definition) is 4. The molecule has 2 heterocycles. The van der Waals surface area contributed by atoms with Crippen molar-refractivity contribution in [1.29, 1.82) is 0 Å². The third kappa shape index (κ3) is 2.95. The molecular weight excluding hydrogens is 320 g/mol. The second-order valence-corrected chi connectivity index (χ2v) is 6.10. The lowest BCUT2D eigenvalue weighted by Crippen LogP contribution is -2.30. The van der Waals surface area contributed by atoms with Gasteiger partial charge in [-0.2, -0.15) is 0 Å². The number of aliphatic imine (C=N–C) groups is 1. The van der Waals surface area contributed by atoms with Gasteiger partial charge in [0, 0.05) is 22.2 Å². The van der Waals surface area contributed by atoms with Crippen molar-refractivity contribution in [2.45, 2.75) is 19.9 Å². The number of amidine groups is 1. The largest absolute Gasteiger partial charge is 0.320 e. The van der Waals surface area contributed by atoms with E-state index < -0.39 is 17.7 Å². The molecule has 118 valence electrons. The monoisotopic (exact) mass is 333 g/mol. The van der Waals surface area contributed by atoms with Gasteiger partial charge in [0.05, 0.1) is 18.3 Å². The van der Waals surface area contributed by atoms with Crippen LogP contribution < -0.4 is 0 Å². The zero-order chi connectivity index (χ0) is 16.6. The molecule has 8 heteroatoms. The molecule has 0 fully saturated rings. The van der Waals surface area contributed by atoms with E-state index in [2.05, 4.69) is 15.0 Å². The molecule has 2 aliphatic rings. The number of rotatable bonds is 3. The van der Waals surface area contributed by atoms with Gasteiger partial charge < -0.3 is 4.90 Å². The van der Waals surface area contributed by atoms with Crippen molar-refractivity contribution in [1.82, 2.24) is 4.90 Å². The van der Waals surface area contributed by atoms with Gasteiger partial charge in [-0.1, -0.05) is 23.8 Å². The van der Waals surface area contributed by atoms with Crippen molar-refractivity contribution >= 4 is 22.5 Å². The number of halogens is 2. The Hall–Kier alpha value is -2.31. The number of fused-ring (bicyclic) bond motifs is 1. The third-order valence-corrected chi connectivity index (χ3v) is 4.65. The molecule has 0 radical (unpaired) electrons. The highest BCUT2D eigenvalue weighted by molar-refractivity contribution is 8.16. The summed E-state index contributed by atoms with van der Waals surface area (Å²) >= 11 is 1.47. The predicted octanol–water partition coefficient (Wildman–Crippen LogP) is 4.65. The van der Waals surface area contributed by atoms with Crippen molar-refractivity contribution in [2.75, 3.05) is 6.54 Å². The SMILES string of the molecule is CC1=CSC2=NC(C(C)N=[N+]=[N-])=C(c3cc(F)cc(F)c3)CN12. The van der Waals surface area contributed by atoms with E-state index in [1.165, 1.54) is 23.9 Å². The van der Waals surface area contributed by atoms with Gasteiger partial charge in [-0.05, 0) is 35.6 Å². The predicted molar refractivity (Wildman–Crippen MR) is 87.4 cm³/mol. The van der Waals surface area contributed by atoms with Crippen molar-refractivity contribution in [2.24, 2.45) is 10.1 Å².